The van der Waals surface area contributed by atoms with Gasteiger partial charge >= 0.3 is 0 Å². The molecular formula is C11H17FN2. The van der Waals surface area contributed by atoms with Crippen molar-refractivity contribution in [2.45, 2.75) is 6.04 Å². The van der Waals surface area contributed by atoms with Gasteiger partial charge < -0.3 is 10.2 Å². The molecule has 0 amide bonds. The number of anilines is 1. The molecule has 0 aliphatic rings. The third-order valence-electron chi connectivity index (χ3n) is 2.31. The van der Waals surface area contributed by atoms with E-state index in [1.165, 1.54) is 0 Å². The van der Waals surface area contributed by atoms with Crippen LogP contribution >= 0.6 is 0 Å². The van der Waals surface area contributed by atoms with Gasteiger partial charge in [-0.05, 0) is 24.7 Å². The molecule has 0 radical (unpaired) electrons. The Morgan fingerprint density at radius 2 is 1.86 bits per heavy atom. The van der Waals surface area contributed by atoms with Crippen LogP contribution in [0.2, 0.25) is 0 Å². The van der Waals surface area contributed by atoms with Crippen molar-refractivity contribution in [1.82, 2.24) is 5.32 Å². The van der Waals surface area contributed by atoms with E-state index in [2.05, 4.69) is 5.32 Å². The Labute approximate surface area is 84.7 Å². The summed E-state index contributed by atoms with van der Waals surface area (Å²) in [6.45, 7) is -0.377. The van der Waals surface area contributed by atoms with Gasteiger partial charge in [0.1, 0.15) is 6.67 Å². The highest BCUT2D eigenvalue weighted by Gasteiger charge is 2.07. The molecule has 2 nitrogen and oxygen atoms in total. The molecule has 1 N–H and O–H groups in total. The van der Waals surface area contributed by atoms with E-state index in [0.717, 1.165) is 11.3 Å². The molecule has 1 rings (SSSR count). The van der Waals surface area contributed by atoms with Gasteiger partial charge in [0.05, 0.1) is 6.04 Å². The van der Waals surface area contributed by atoms with Crippen molar-refractivity contribution >= 4 is 5.69 Å². The minimum absolute atomic E-state index is 0.189. The molecule has 0 aliphatic carbocycles. The predicted molar refractivity (Wildman–Crippen MR) is 58.5 cm³/mol. The van der Waals surface area contributed by atoms with Crippen LogP contribution in [0.15, 0.2) is 24.3 Å². The first-order valence-electron chi connectivity index (χ1n) is 4.69. The number of halogens is 1. The number of nitrogens with one attached hydrogen (secondary N) is 1. The molecule has 0 fully saturated rings. The average Bonchev–Trinajstić information content (AvgIpc) is 2.20. The highest BCUT2D eigenvalue weighted by atomic mass is 19.1. The Hall–Kier alpha value is -1.09. The summed E-state index contributed by atoms with van der Waals surface area (Å²) in [6.07, 6.45) is 0. The van der Waals surface area contributed by atoms with E-state index in [1.807, 2.05) is 43.3 Å². The maximum absolute atomic E-state index is 12.5. The van der Waals surface area contributed by atoms with Gasteiger partial charge in [0.2, 0.25) is 0 Å². The fourth-order valence-electron chi connectivity index (χ4n) is 1.34. The lowest BCUT2D eigenvalue weighted by molar-refractivity contribution is 0.400. The second-order valence-corrected chi connectivity index (χ2v) is 3.48. The number of nitrogens with zero attached hydrogens (tertiary/aromatic N) is 1. The lowest BCUT2D eigenvalue weighted by Gasteiger charge is -2.16. The summed E-state index contributed by atoms with van der Waals surface area (Å²) in [5, 5.41) is 2.93. The smallest absolute Gasteiger partial charge is 0.109 e. The quantitative estimate of drug-likeness (QED) is 0.792. The van der Waals surface area contributed by atoms with Crippen molar-refractivity contribution in [2.24, 2.45) is 0 Å². The molecule has 0 spiro atoms. The summed E-state index contributed by atoms with van der Waals surface area (Å²) in [6, 6.07) is 7.71. The summed E-state index contributed by atoms with van der Waals surface area (Å²) < 4.78 is 12.5. The SMILES string of the molecule is CNC(CF)c1ccc(N(C)C)cc1. The maximum atomic E-state index is 12.5. The summed E-state index contributed by atoms with van der Waals surface area (Å²) >= 11 is 0. The van der Waals surface area contributed by atoms with Gasteiger partial charge in [-0.2, -0.15) is 0 Å². The first-order valence-corrected chi connectivity index (χ1v) is 4.69. The normalized spacial score (nSPS) is 12.6. The lowest BCUT2D eigenvalue weighted by Crippen LogP contribution is -2.18. The first kappa shape index (κ1) is 11.0. The Kier molecular flexibility index (Phi) is 3.89. The summed E-state index contributed by atoms with van der Waals surface area (Å²) in [7, 11) is 5.74. The second-order valence-electron chi connectivity index (χ2n) is 3.48. The Bertz CT molecular complexity index is 265. The second kappa shape index (κ2) is 4.96. The molecule has 1 aromatic rings. The monoisotopic (exact) mass is 196 g/mol. The van der Waals surface area contributed by atoms with Gasteiger partial charge in [-0.3, -0.25) is 0 Å². The maximum Gasteiger partial charge on any atom is 0.109 e. The van der Waals surface area contributed by atoms with Crippen molar-refractivity contribution in [3.8, 4) is 0 Å². The largest absolute Gasteiger partial charge is 0.378 e. The van der Waals surface area contributed by atoms with Gasteiger partial charge in [-0.15, -0.1) is 0 Å². The Morgan fingerprint density at radius 3 is 2.21 bits per heavy atom. The van der Waals surface area contributed by atoms with Crippen LogP contribution in [0.1, 0.15) is 11.6 Å². The number of rotatable bonds is 4. The minimum atomic E-state index is -0.377. The van der Waals surface area contributed by atoms with Crippen LogP contribution in [0.3, 0.4) is 0 Å². The molecule has 0 saturated carbocycles. The van der Waals surface area contributed by atoms with Gasteiger partial charge in [0.15, 0.2) is 0 Å². The molecule has 1 unspecified atom stereocenters. The van der Waals surface area contributed by atoms with E-state index in [-0.39, 0.29) is 12.7 Å². The molecular weight excluding hydrogens is 179 g/mol. The third-order valence-corrected chi connectivity index (χ3v) is 2.31. The third kappa shape index (κ3) is 2.45. The number of benzene rings is 1. The summed E-state index contributed by atoms with van der Waals surface area (Å²) in [5.74, 6) is 0. The first-order chi connectivity index (χ1) is 6.69. The van der Waals surface area contributed by atoms with Crippen LogP contribution in [-0.2, 0) is 0 Å². The predicted octanol–water partition coefficient (Wildman–Crippen LogP) is 1.98. The Balaban J connectivity index is 2.81. The van der Waals surface area contributed by atoms with Gasteiger partial charge in [0.25, 0.3) is 0 Å². The van der Waals surface area contributed by atoms with Crippen LogP contribution in [0, 0.1) is 0 Å². The van der Waals surface area contributed by atoms with E-state index in [4.69, 9.17) is 0 Å². The van der Waals surface area contributed by atoms with Crippen LogP contribution in [0.4, 0.5) is 10.1 Å². The number of hydrogen-bond donors (Lipinski definition) is 1. The van der Waals surface area contributed by atoms with Crippen molar-refractivity contribution in [1.29, 1.82) is 0 Å². The lowest BCUT2D eigenvalue weighted by atomic mass is 10.1. The van der Waals surface area contributed by atoms with Gasteiger partial charge in [-0.1, -0.05) is 12.1 Å². The van der Waals surface area contributed by atoms with Crippen LogP contribution < -0.4 is 10.2 Å². The number of hydrogen-bond acceptors (Lipinski definition) is 2. The minimum Gasteiger partial charge on any atom is -0.378 e. The zero-order chi connectivity index (χ0) is 10.6. The molecule has 0 saturated heterocycles. The molecule has 0 heterocycles. The van der Waals surface area contributed by atoms with E-state index in [1.54, 1.807) is 7.05 Å². The molecule has 1 aromatic carbocycles. The van der Waals surface area contributed by atoms with Crippen molar-refractivity contribution in [3.05, 3.63) is 29.8 Å². The topological polar surface area (TPSA) is 15.3 Å². The molecule has 78 valence electrons. The molecule has 3 heteroatoms. The van der Waals surface area contributed by atoms with Crippen LogP contribution in [0.25, 0.3) is 0 Å². The zero-order valence-corrected chi connectivity index (χ0v) is 8.92. The highest BCUT2D eigenvalue weighted by Crippen LogP contribution is 2.17. The summed E-state index contributed by atoms with van der Waals surface area (Å²) in [4.78, 5) is 2.02. The highest BCUT2D eigenvalue weighted by molar-refractivity contribution is 5.46. The molecule has 1 atom stereocenters. The zero-order valence-electron chi connectivity index (χ0n) is 8.92. The van der Waals surface area contributed by atoms with Crippen molar-refractivity contribution < 1.29 is 4.39 Å². The molecule has 0 bridgehead atoms. The molecule has 0 aromatic heterocycles. The molecule has 14 heavy (non-hydrogen) atoms. The Morgan fingerprint density at radius 1 is 1.29 bits per heavy atom. The fraction of sp³-hybridized carbons (Fsp3) is 0.455. The number of alkyl halides is 1. The van der Waals surface area contributed by atoms with E-state index in [0.29, 0.717) is 0 Å². The van der Waals surface area contributed by atoms with E-state index < -0.39 is 0 Å². The van der Waals surface area contributed by atoms with Crippen molar-refractivity contribution in [3.63, 3.8) is 0 Å². The van der Waals surface area contributed by atoms with Crippen LogP contribution in [0.5, 0.6) is 0 Å². The van der Waals surface area contributed by atoms with Gasteiger partial charge in [0, 0.05) is 19.8 Å². The fourth-order valence-corrected chi connectivity index (χ4v) is 1.34. The standard InChI is InChI=1S/C11H17FN2/c1-13-11(8-12)9-4-6-10(7-5-9)14(2)3/h4-7,11,13H,8H2,1-3H3. The average molecular weight is 196 g/mol. The molecule has 0 aliphatic heterocycles. The van der Waals surface area contributed by atoms with Crippen molar-refractivity contribution in [2.75, 3.05) is 32.7 Å². The van der Waals surface area contributed by atoms with E-state index >= 15 is 0 Å². The van der Waals surface area contributed by atoms with E-state index in [9.17, 15) is 4.39 Å². The van der Waals surface area contributed by atoms with Crippen LogP contribution in [-0.4, -0.2) is 27.8 Å². The van der Waals surface area contributed by atoms with Gasteiger partial charge in [-0.25, -0.2) is 4.39 Å². The summed E-state index contributed by atoms with van der Waals surface area (Å²) in [5.41, 5.74) is 2.11.